The Morgan fingerprint density at radius 1 is 1.27 bits per heavy atom. The molecule has 0 saturated carbocycles. The SMILES string of the molecule is Cc1ccc(NC(=O)CN2CCC[C@@H]2Cc2c(C(=O)O)sc3ccccc23)cc1F. The number of carbonyl (C=O) groups is 2. The summed E-state index contributed by atoms with van der Waals surface area (Å²) in [6.45, 7) is 2.66. The Morgan fingerprint density at radius 3 is 2.83 bits per heavy atom. The van der Waals surface area contributed by atoms with Crippen LogP contribution in [0.5, 0.6) is 0 Å². The molecule has 1 fully saturated rings. The first-order chi connectivity index (χ1) is 14.4. The topological polar surface area (TPSA) is 69.6 Å². The van der Waals surface area contributed by atoms with Crippen LogP contribution in [0.3, 0.4) is 0 Å². The van der Waals surface area contributed by atoms with Gasteiger partial charge in [0, 0.05) is 16.4 Å². The summed E-state index contributed by atoms with van der Waals surface area (Å²) in [6.07, 6.45) is 2.47. The molecule has 3 aromatic rings. The highest BCUT2D eigenvalue weighted by molar-refractivity contribution is 7.21. The molecule has 0 aliphatic carbocycles. The number of carboxylic acids is 1. The minimum absolute atomic E-state index is 0.0987. The largest absolute Gasteiger partial charge is 0.477 e. The maximum absolute atomic E-state index is 13.7. The Labute approximate surface area is 178 Å². The van der Waals surface area contributed by atoms with E-state index in [9.17, 15) is 19.1 Å². The summed E-state index contributed by atoms with van der Waals surface area (Å²) in [5.74, 6) is -1.45. The predicted molar refractivity (Wildman–Crippen MR) is 117 cm³/mol. The fraction of sp³-hybridized carbons (Fsp3) is 0.304. The van der Waals surface area contributed by atoms with Crippen LogP contribution < -0.4 is 5.32 Å². The Hall–Kier alpha value is -2.77. The molecule has 1 aliphatic heterocycles. The molecule has 0 radical (unpaired) electrons. The number of aryl methyl sites for hydroxylation is 1. The number of likely N-dealkylation sites (tertiary alicyclic amines) is 1. The van der Waals surface area contributed by atoms with Gasteiger partial charge in [-0.3, -0.25) is 9.69 Å². The van der Waals surface area contributed by atoms with Crippen LogP contribution in [-0.4, -0.2) is 41.0 Å². The molecule has 1 amide bonds. The van der Waals surface area contributed by atoms with Gasteiger partial charge in [-0.2, -0.15) is 0 Å². The summed E-state index contributed by atoms with van der Waals surface area (Å²) < 4.78 is 14.7. The summed E-state index contributed by atoms with van der Waals surface area (Å²) in [5, 5.41) is 13.4. The highest BCUT2D eigenvalue weighted by Gasteiger charge is 2.29. The van der Waals surface area contributed by atoms with Gasteiger partial charge in [-0.25, -0.2) is 9.18 Å². The van der Waals surface area contributed by atoms with Crippen LogP contribution in [0.2, 0.25) is 0 Å². The number of thiophene rings is 1. The number of hydrogen-bond donors (Lipinski definition) is 2. The van der Waals surface area contributed by atoms with Gasteiger partial charge >= 0.3 is 5.97 Å². The number of amides is 1. The van der Waals surface area contributed by atoms with Crippen molar-refractivity contribution in [1.82, 2.24) is 4.90 Å². The molecular weight excluding hydrogens is 403 g/mol. The lowest BCUT2D eigenvalue weighted by Gasteiger charge is -2.24. The fourth-order valence-corrected chi connectivity index (χ4v) is 5.17. The molecule has 1 atom stereocenters. The molecule has 0 spiro atoms. The van der Waals surface area contributed by atoms with Crippen LogP contribution in [0.25, 0.3) is 10.1 Å². The van der Waals surface area contributed by atoms with Crippen molar-refractivity contribution in [2.75, 3.05) is 18.4 Å². The molecule has 30 heavy (non-hydrogen) atoms. The molecule has 1 aromatic heterocycles. The average Bonchev–Trinajstić information content (AvgIpc) is 3.30. The third kappa shape index (κ3) is 4.22. The fourth-order valence-electron chi connectivity index (χ4n) is 4.10. The first-order valence-corrected chi connectivity index (χ1v) is 10.8. The zero-order valence-electron chi connectivity index (χ0n) is 16.7. The van der Waals surface area contributed by atoms with Crippen molar-refractivity contribution in [2.45, 2.75) is 32.2 Å². The lowest BCUT2D eigenvalue weighted by molar-refractivity contribution is -0.117. The summed E-state index contributed by atoms with van der Waals surface area (Å²) in [7, 11) is 0. The molecular formula is C23H23FN2O3S. The highest BCUT2D eigenvalue weighted by Crippen LogP contribution is 2.34. The lowest BCUT2D eigenvalue weighted by Crippen LogP contribution is -2.38. The second-order valence-electron chi connectivity index (χ2n) is 7.69. The molecule has 0 bridgehead atoms. The van der Waals surface area contributed by atoms with Gasteiger partial charge in [0.1, 0.15) is 10.7 Å². The Balaban J connectivity index is 1.48. The number of benzene rings is 2. The number of carboxylic acid groups (broad SMARTS) is 1. The molecule has 2 N–H and O–H groups in total. The summed E-state index contributed by atoms with van der Waals surface area (Å²) in [5.41, 5.74) is 1.82. The number of nitrogens with zero attached hydrogens (tertiary/aromatic N) is 1. The standard InChI is InChI=1S/C23H23FN2O3S/c1-14-8-9-15(11-19(14)24)25-21(27)13-26-10-4-5-16(26)12-18-17-6-2-3-7-20(17)30-22(18)23(28)29/h2-3,6-9,11,16H,4-5,10,12-13H2,1H3,(H,25,27)(H,28,29)/t16-/m1/s1. The average molecular weight is 427 g/mol. The van der Waals surface area contributed by atoms with Crippen molar-refractivity contribution in [3.8, 4) is 0 Å². The summed E-state index contributed by atoms with van der Waals surface area (Å²) in [4.78, 5) is 26.8. The van der Waals surface area contributed by atoms with Gasteiger partial charge in [-0.05, 0) is 67.4 Å². The van der Waals surface area contributed by atoms with Crippen molar-refractivity contribution >= 4 is 39.0 Å². The monoisotopic (exact) mass is 426 g/mol. The van der Waals surface area contributed by atoms with Crippen molar-refractivity contribution < 1.29 is 19.1 Å². The number of halogens is 1. The van der Waals surface area contributed by atoms with Crippen LogP contribution in [0.4, 0.5) is 10.1 Å². The van der Waals surface area contributed by atoms with E-state index in [2.05, 4.69) is 10.2 Å². The van der Waals surface area contributed by atoms with Crippen molar-refractivity contribution in [2.24, 2.45) is 0 Å². The molecule has 2 heterocycles. The number of hydrogen-bond acceptors (Lipinski definition) is 4. The number of fused-ring (bicyclic) bond motifs is 1. The number of aromatic carboxylic acids is 1. The van der Waals surface area contributed by atoms with E-state index in [1.807, 2.05) is 24.3 Å². The zero-order valence-corrected chi connectivity index (χ0v) is 17.5. The van der Waals surface area contributed by atoms with Crippen LogP contribution in [-0.2, 0) is 11.2 Å². The third-order valence-corrected chi connectivity index (χ3v) is 6.83. The molecule has 2 aromatic carbocycles. The number of anilines is 1. The molecule has 7 heteroatoms. The maximum Gasteiger partial charge on any atom is 0.346 e. The van der Waals surface area contributed by atoms with Crippen molar-refractivity contribution in [3.63, 3.8) is 0 Å². The minimum Gasteiger partial charge on any atom is -0.477 e. The van der Waals surface area contributed by atoms with Gasteiger partial charge in [0.05, 0.1) is 6.54 Å². The second-order valence-corrected chi connectivity index (χ2v) is 8.75. The molecule has 0 unspecified atom stereocenters. The molecule has 156 valence electrons. The van der Waals surface area contributed by atoms with E-state index in [-0.39, 0.29) is 24.3 Å². The van der Waals surface area contributed by atoms with Gasteiger partial charge in [0.2, 0.25) is 5.91 Å². The normalized spacial score (nSPS) is 16.8. The first kappa shape index (κ1) is 20.5. The van der Waals surface area contributed by atoms with E-state index in [0.29, 0.717) is 22.5 Å². The van der Waals surface area contributed by atoms with E-state index < -0.39 is 5.97 Å². The third-order valence-electron chi connectivity index (χ3n) is 5.63. The van der Waals surface area contributed by atoms with E-state index >= 15 is 0 Å². The van der Waals surface area contributed by atoms with Gasteiger partial charge in [0.25, 0.3) is 0 Å². The van der Waals surface area contributed by atoms with E-state index in [1.165, 1.54) is 17.4 Å². The molecule has 4 rings (SSSR count). The molecule has 5 nitrogen and oxygen atoms in total. The van der Waals surface area contributed by atoms with Gasteiger partial charge in [-0.1, -0.05) is 24.3 Å². The predicted octanol–water partition coefficient (Wildman–Crippen LogP) is 4.69. The van der Waals surface area contributed by atoms with E-state index in [4.69, 9.17) is 0 Å². The van der Waals surface area contributed by atoms with Crippen LogP contribution in [0, 0.1) is 12.7 Å². The first-order valence-electron chi connectivity index (χ1n) is 9.96. The van der Waals surface area contributed by atoms with E-state index in [1.54, 1.807) is 19.1 Å². The van der Waals surface area contributed by atoms with Gasteiger partial charge < -0.3 is 10.4 Å². The number of nitrogens with one attached hydrogen (secondary N) is 1. The Kier molecular flexibility index (Phi) is 5.83. The Bertz CT molecular complexity index is 1110. The smallest absolute Gasteiger partial charge is 0.346 e. The van der Waals surface area contributed by atoms with Crippen LogP contribution in [0.15, 0.2) is 42.5 Å². The van der Waals surface area contributed by atoms with Crippen LogP contribution >= 0.6 is 11.3 Å². The second kappa shape index (κ2) is 8.53. The van der Waals surface area contributed by atoms with E-state index in [0.717, 1.165) is 35.0 Å². The number of rotatable bonds is 6. The highest BCUT2D eigenvalue weighted by atomic mass is 32.1. The summed E-state index contributed by atoms with van der Waals surface area (Å²) >= 11 is 1.30. The lowest BCUT2D eigenvalue weighted by atomic mass is 10.0. The summed E-state index contributed by atoms with van der Waals surface area (Å²) in [6, 6.07) is 12.5. The van der Waals surface area contributed by atoms with Gasteiger partial charge in [-0.15, -0.1) is 11.3 Å². The maximum atomic E-state index is 13.7. The number of carbonyl (C=O) groups excluding carboxylic acids is 1. The Morgan fingerprint density at radius 2 is 2.07 bits per heavy atom. The molecule has 1 aliphatic rings. The van der Waals surface area contributed by atoms with Crippen molar-refractivity contribution in [3.05, 3.63) is 64.3 Å². The van der Waals surface area contributed by atoms with Crippen LogP contribution in [0.1, 0.15) is 33.6 Å². The minimum atomic E-state index is -0.908. The van der Waals surface area contributed by atoms with Crippen molar-refractivity contribution in [1.29, 1.82) is 0 Å². The zero-order chi connectivity index (χ0) is 21.3. The molecule has 1 saturated heterocycles. The quantitative estimate of drug-likeness (QED) is 0.600. The van der Waals surface area contributed by atoms with Gasteiger partial charge in [0.15, 0.2) is 0 Å².